The standard InChI is InChI=1S/C20H39N3O3S/c1-5-21-19(22-11-15-27(24)20(2,3)4)23-12-9-17(10-13-23)26-16-18-8-6-7-14-25-18/h17-18H,5-16H2,1-4H3,(H,21,22). The van der Waals surface area contributed by atoms with E-state index >= 15 is 0 Å². The lowest BCUT2D eigenvalue weighted by Gasteiger charge is -2.35. The minimum atomic E-state index is -0.859. The maximum Gasteiger partial charge on any atom is 0.193 e. The van der Waals surface area contributed by atoms with Crippen LogP contribution in [0.15, 0.2) is 4.99 Å². The van der Waals surface area contributed by atoms with Crippen LogP contribution in [0, 0.1) is 0 Å². The molecule has 0 aromatic carbocycles. The Labute approximate surface area is 167 Å². The van der Waals surface area contributed by atoms with E-state index in [-0.39, 0.29) is 4.75 Å². The van der Waals surface area contributed by atoms with Gasteiger partial charge in [0.15, 0.2) is 5.96 Å². The molecule has 2 fully saturated rings. The number of hydrogen-bond donors (Lipinski definition) is 1. The second kappa shape index (κ2) is 11.4. The molecule has 0 aliphatic carbocycles. The molecule has 6 nitrogen and oxygen atoms in total. The predicted octanol–water partition coefficient (Wildman–Crippen LogP) is 2.55. The van der Waals surface area contributed by atoms with E-state index in [4.69, 9.17) is 14.5 Å². The van der Waals surface area contributed by atoms with Gasteiger partial charge in [-0.15, -0.1) is 0 Å². The first-order valence-electron chi connectivity index (χ1n) is 10.5. The fraction of sp³-hybridized carbons (Fsp3) is 0.950. The molecule has 2 aliphatic rings. The molecular formula is C20H39N3O3S. The average Bonchev–Trinajstić information content (AvgIpc) is 2.66. The molecule has 158 valence electrons. The van der Waals surface area contributed by atoms with Crippen LogP contribution in [-0.2, 0) is 20.3 Å². The lowest BCUT2D eigenvalue weighted by atomic mass is 10.1. The van der Waals surface area contributed by atoms with Gasteiger partial charge in [-0.1, -0.05) is 0 Å². The summed E-state index contributed by atoms with van der Waals surface area (Å²) < 4.78 is 23.9. The minimum Gasteiger partial charge on any atom is -0.376 e. The van der Waals surface area contributed by atoms with E-state index in [1.807, 2.05) is 20.8 Å². The number of hydrogen-bond acceptors (Lipinski definition) is 4. The van der Waals surface area contributed by atoms with Crippen molar-refractivity contribution < 1.29 is 13.7 Å². The molecule has 2 rings (SSSR count). The first kappa shape index (κ1) is 22.6. The van der Waals surface area contributed by atoms with Gasteiger partial charge >= 0.3 is 0 Å². The van der Waals surface area contributed by atoms with Gasteiger partial charge in [-0.25, -0.2) is 0 Å². The maximum absolute atomic E-state index is 12.2. The topological polar surface area (TPSA) is 63.2 Å². The Morgan fingerprint density at radius 1 is 1.26 bits per heavy atom. The van der Waals surface area contributed by atoms with Crippen LogP contribution < -0.4 is 5.32 Å². The molecule has 27 heavy (non-hydrogen) atoms. The zero-order valence-electron chi connectivity index (χ0n) is 17.7. The smallest absolute Gasteiger partial charge is 0.193 e. The Morgan fingerprint density at radius 2 is 2.00 bits per heavy atom. The molecule has 2 unspecified atom stereocenters. The summed E-state index contributed by atoms with van der Waals surface area (Å²) in [5, 5.41) is 3.38. The molecule has 2 saturated heterocycles. The number of nitrogens with zero attached hydrogens (tertiary/aromatic N) is 2. The number of aliphatic imine (C=N–C) groups is 1. The van der Waals surface area contributed by atoms with Crippen molar-refractivity contribution >= 4 is 16.8 Å². The Morgan fingerprint density at radius 3 is 2.59 bits per heavy atom. The quantitative estimate of drug-likeness (QED) is 0.525. The van der Waals surface area contributed by atoms with Gasteiger partial charge in [0.05, 0.1) is 25.4 Å². The molecule has 0 amide bonds. The van der Waals surface area contributed by atoms with Gasteiger partial charge in [0.1, 0.15) is 0 Å². The Kier molecular flexibility index (Phi) is 9.53. The van der Waals surface area contributed by atoms with Crippen LogP contribution in [0.3, 0.4) is 0 Å². The molecule has 1 N–H and O–H groups in total. The van der Waals surface area contributed by atoms with Crippen molar-refractivity contribution in [1.82, 2.24) is 10.2 Å². The van der Waals surface area contributed by atoms with Crippen LogP contribution in [0.2, 0.25) is 0 Å². The normalized spacial score (nSPS) is 24.1. The number of guanidine groups is 1. The van der Waals surface area contributed by atoms with Crippen molar-refractivity contribution in [3.05, 3.63) is 0 Å². The summed E-state index contributed by atoms with van der Waals surface area (Å²) in [6, 6.07) is 0. The average molecular weight is 402 g/mol. The van der Waals surface area contributed by atoms with Crippen LogP contribution in [0.5, 0.6) is 0 Å². The molecule has 0 radical (unpaired) electrons. The van der Waals surface area contributed by atoms with Gasteiger partial charge in [0.2, 0.25) is 0 Å². The first-order chi connectivity index (χ1) is 12.9. The molecule has 2 heterocycles. The summed E-state index contributed by atoms with van der Waals surface area (Å²) in [4.78, 5) is 7.02. The summed E-state index contributed by atoms with van der Waals surface area (Å²) in [7, 11) is -0.859. The number of ether oxygens (including phenoxy) is 2. The monoisotopic (exact) mass is 401 g/mol. The van der Waals surface area contributed by atoms with E-state index < -0.39 is 10.8 Å². The highest BCUT2D eigenvalue weighted by Crippen LogP contribution is 2.18. The molecular weight excluding hydrogens is 362 g/mol. The highest BCUT2D eigenvalue weighted by molar-refractivity contribution is 7.86. The minimum absolute atomic E-state index is 0.175. The number of likely N-dealkylation sites (tertiary alicyclic amines) is 1. The van der Waals surface area contributed by atoms with Gasteiger partial charge in [-0.3, -0.25) is 9.20 Å². The van der Waals surface area contributed by atoms with Crippen molar-refractivity contribution in [2.75, 3.05) is 45.1 Å². The lowest BCUT2D eigenvalue weighted by molar-refractivity contribution is -0.0721. The molecule has 7 heteroatoms. The molecule has 2 atom stereocenters. The van der Waals surface area contributed by atoms with Crippen LogP contribution in [0.4, 0.5) is 0 Å². The molecule has 0 aromatic heterocycles. The van der Waals surface area contributed by atoms with E-state index in [1.165, 1.54) is 12.8 Å². The zero-order chi connectivity index (χ0) is 19.7. The Hall–Kier alpha value is -0.660. The van der Waals surface area contributed by atoms with Crippen LogP contribution in [0.1, 0.15) is 59.8 Å². The number of nitrogens with one attached hydrogen (secondary N) is 1. The molecule has 0 aromatic rings. The van der Waals surface area contributed by atoms with E-state index in [9.17, 15) is 4.21 Å². The van der Waals surface area contributed by atoms with Crippen LogP contribution in [-0.4, -0.2) is 77.2 Å². The summed E-state index contributed by atoms with van der Waals surface area (Å²) in [5.41, 5.74) is 0. The summed E-state index contributed by atoms with van der Waals surface area (Å²) in [5.74, 6) is 1.55. The van der Waals surface area contributed by atoms with E-state index in [0.717, 1.165) is 58.1 Å². The van der Waals surface area contributed by atoms with Crippen LogP contribution >= 0.6 is 0 Å². The van der Waals surface area contributed by atoms with Gasteiger partial charge < -0.3 is 19.7 Å². The van der Waals surface area contributed by atoms with E-state index in [1.54, 1.807) is 0 Å². The summed E-state index contributed by atoms with van der Waals surface area (Å²) >= 11 is 0. The molecule has 0 bridgehead atoms. The van der Waals surface area contributed by atoms with E-state index in [0.29, 0.717) is 24.5 Å². The molecule has 0 spiro atoms. The van der Waals surface area contributed by atoms with Crippen molar-refractivity contribution in [3.63, 3.8) is 0 Å². The summed E-state index contributed by atoms with van der Waals surface area (Å²) in [6.07, 6.45) is 6.23. The van der Waals surface area contributed by atoms with Crippen molar-refractivity contribution in [2.24, 2.45) is 4.99 Å². The van der Waals surface area contributed by atoms with Gasteiger partial charge in [0, 0.05) is 47.5 Å². The second-order valence-electron chi connectivity index (χ2n) is 8.41. The lowest BCUT2D eigenvalue weighted by Crippen LogP contribution is -2.47. The van der Waals surface area contributed by atoms with Crippen molar-refractivity contribution in [2.45, 2.75) is 76.8 Å². The number of rotatable bonds is 7. The third-order valence-corrected chi connectivity index (χ3v) is 7.01. The molecule has 2 aliphatic heterocycles. The van der Waals surface area contributed by atoms with Crippen molar-refractivity contribution in [3.8, 4) is 0 Å². The molecule has 0 saturated carbocycles. The Balaban J connectivity index is 1.74. The fourth-order valence-electron chi connectivity index (χ4n) is 3.38. The van der Waals surface area contributed by atoms with Crippen molar-refractivity contribution in [1.29, 1.82) is 0 Å². The van der Waals surface area contributed by atoms with Gasteiger partial charge in [0.25, 0.3) is 0 Å². The predicted molar refractivity (Wildman–Crippen MR) is 113 cm³/mol. The number of piperidine rings is 1. The second-order valence-corrected chi connectivity index (χ2v) is 10.7. The highest BCUT2D eigenvalue weighted by atomic mass is 32.2. The third kappa shape index (κ3) is 8.08. The van der Waals surface area contributed by atoms with Gasteiger partial charge in [-0.2, -0.15) is 0 Å². The largest absolute Gasteiger partial charge is 0.376 e. The Bertz CT molecular complexity index is 479. The van der Waals surface area contributed by atoms with E-state index in [2.05, 4.69) is 17.1 Å². The fourth-order valence-corrected chi connectivity index (χ4v) is 4.25. The first-order valence-corrected chi connectivity index (χ1v) is 11.9. The highest BCUT2D eigenvalue weighted by Gasteiger charge is 2.24. The summed E-state index contributed by atoms with van der Waals surface area (Å²) in [6.45, 7) is 13.1. The maximum atomic E-state index is 12.2. The SMILES string of the molecule is CCNC(=NCCS(=O)C(C)(C)C)N1CCC(OCC2CCCCO2)CC1. The van der Waals surface area contributed by atoms with Crippen LogP contribution in [0.25, 0.3) is 0 Å². The third-order valence-electron chi connectivity index (χ3n) is 5.09. The zero-order valence-corrected chi connectivity index (χ0v) is 18.5. The van der Waals surface area contributed by atoms with Gasteiger partial charge in [-0.05, 0) is 59.8 Å².